The third-order valence-electron chi connectivity index (χ3n) is 18.7. The van der Waals surface area contributed by atoms with Gasteiger partial charge < -0.3 is 33.8 Å². The van der Waals surface area contributed by atoms with Crippen LogP contribution in [0.2, 0.25) is 0 Å². The topological polar surface area (TPSA) is 141 Å². The molecule has 3 aromatic heterocycles. The van der Waals surface area contributed by atoms with E-state index in [0.717, 1.165) is 174 Å². The van der Waals surface area contributed by atoms with Crippen LogP contribution in [0.5, 0.6) is 23.0 Å². The summed E-state index contributed by atoms with van der Waals surface area (Å²) in [7, 11) is 0. The molecule has 12 nitrogen and oxygen atoms in total. The predicted molar refractivity (Wildman–Crippen MR) is 419 cm³/mol. The van der Waals surface area contributed by atoms with Crippen molar-refractivity contribution in [2.24, 2.45) is 0 Å². The van der Waals surface area contributed by atoms with Crippen molar-refractivity contribution >= 4 is 57.7 Å². The number of nitro groups is 1. The van der Waals surface area contributed by atoms with Gasteiger partial charge in [-0.15, -0.1) is 0 Å². The van der Waals surface area contributed by atoms with Gasteiger partial charge in [0.2, 0.25) is 0 Å². The Labute approximate surface area is 597 Å². The molecule has 0 unspecified atom stereocenters. The Morgan fingerprint density at radius 2 is 0.690 bits per heavy atom. The summed E-state index contributed by atoms with van der Waals surface area (Å²) in [5.74, 6) is 17.1. The van der Waals surface area contributed by atoms with Crippen molar-refractivity contribution in [2.75, 3.05) is 44.4 Å². The second-order valence-electron chi connectivity index (χ2n) is 26.9. The number of anilines is 1. The number of ether oxygens (including phenoxy) is 4. The number of benzene rings is 4. The average molecular weight is 1350 g/mol. The predicted octanol–water partition coefficient (Wildman–Crippen LogP) is 24.1. The Balaban J connectivity index is 1.28. The molecular formula is C88H110N6O6. The Bertz CT molecular complexity index is 3920. The number of unbranched alkanes of at least 4 members (excludes halogenated alkanes) is 22. The molecule has 8 bridgehead atoms. The van der Waals surface area contributed by atoms with Gasteiger partial charge in [-0.3, -0.25) is 10.1 Å². The maximum absolute atomic E-state index is 11.8. The number of hydrogen-bond donors (Lipinski definition) is 2. The van der Waals surface area contributed by atoms with Crippen LogP contribution in [0.4, 0.5) is 11.4 Å². The molecule has 2 aliphatic heterocycles. The van der Waals surface area contributed by atoms with Gasteiger partial charge in [-0.1, -0.05) is 206 Å². The van der Waals surface area contributed by atoms with E-state index in [2.05, 4.69) is 171 Å². The van der Waals surface area contributed by atoms with Crippen molar-refractivity contribution in [1.82, 2.24) is 19.9 Å². The monoisotopic (exact) mass is 1350 g/mol. The first-order valence-electron chi connectivity index (χ1n) is 38.3. The fraction of sp³-hybridized carbons (Fsp3) is 0.455. The zero-order valence-corrected chi connectivity index (χ0v) is 61.0. The molecule has 528 valence electrons. The van der Waals surface area contributed by atoms with E-state index in [-0.39, 0.29) is 5.69 Å². The summed E-state index contributed by atoms with van der Waals surface area (Å²) in [4.78, 5) is 32.9. The van der Waals surface area contributed by atoms with Crippen LogP contribution in [0.1, 0.15) is 266 Å². The molecule has 9 rings (SSSR count). The summed E-state index contributed by atoms with van der Waals surface area (Å²) in [5.41, 5.74) is 13.4. The first-order valence-corrected chi connectivity index (χ1v) is 38.3. The lowest BCUT2D eigenvalue weighted by atomic mass is 10.0. The highest BCUT2D eigenvalue weighted by Gasteiger charge is 2.21. The number of aromatic amines is 2. The van der Waals surface area contributed by atoms with Gasteiger partial charge in [-0.05, 0) is 159 Å². The lowest BCUT2D eigenvalue weighted by Crippen LogP contribution is -2.25. The second kappa shape index (κ2) is 41.5. The van der Waals surface area contributed by atoms with Crippen molar-refractivity contribution in [1.29, 1.82) is 0 Å². The van der Waals surface area contributed by atoms with E-state index in [9.17, 15) is 10.1 Å². The molecule has 0 aliphatic carbocycles. The zero-order chi connectivity index (χ0) is 69.9. The summed E-state index contributed by atoms with van der Waals surface area (Å²) in [5, 5.41) is 11.8. The highest BCUT2D eigenvalue weighted by molar-refractivity contribution is 5.96. The van der Waals surface area contributed by atoms with Crippen molar-refractivity contribution in [2.45, 2.75) is 221 Å². The molecule has 2 aliphatic rings. The van der Waals surface area contributed by atoms with E-state index >= 15 is 0 Å². The fourth-order valence-electron chi connectivity index (χ4n) is 12.9. The minimum atomic E-state index is -0.393. The lowest BCUT2D eigenvalue weighted by Gasteiger charge is -2.24. The molecule has 0 saturated carbocycles. The standard InChI is InChI=1S/C88H110N6O6/c1-7-13-19-23-27-31-57-97-73-61-69(62-74(65-73)98-58-32-28-24-20-14-8-2)87-83-51-47-79(89-83)77(45-39-67-35-41-71(42-36-67)93(55-17-11-5)56-18-12-6)80-48-52-84(90-80)88(70-63-75(99-59-33-29-25-21-15-9-3)66-76(64-70)100-60-34-30-26-22-16-10-4)86-54-50-82(92-86)78(81-49-53-85(87)91-81)46-40-68-37-43-72(44-38-68)94(95)96/h35-38,41-44,47-54,61-66,89,92H,7-34,55-60H2,1-6H3. The number of rotatable bonds is 42. The van der Waals surface area contributed by atoms with Gasteiger partial charge in [0.15, 0.2) is 0 Å². The second-order valence-corrected chi connectivity index (χ2v) is 26.9. The van der Waals surface area contributed by atoms with Gasteiger partial charge in [-0.2, -0.15) is 0 Å². The molecule has 4 aromatic carbocycles. The molecule has 0 fully saturated rings. The SMILES string of the molecule is CCCCCCCCOc1cc(OCCCCCCCC)cc(-c2c3nc(c(C#Cc4ccc([N+](=O)[O-])cc4)c4ccc([nH]4)c(-c4cc(OCCCCCCCC)cc(OCCCCCCCC)c4)c4nc(c(C#Cc5ccc(N(CCCC)CCCC)cc5)c5ccc2[nH]5)C=C4)C=C3)c1. The van der Waals surface area contributed by atoms with Crippen LogP contribution in [0.15, 0.2) is 109 Å². The number of non-ortho nitro benzene ring substituents is 1. The molecule has 0 saturated heterocycles. The Morgan fingerprint density at radius 1 is 0.370 bits per heavy atom. The van der Waals surface area contributed by atoms with E-state index in [4.69, 9.17) is 28.9 Å². The first-order chi connectivity index (χ1) is 49.2. The number of fused-ring (bicyclic) bond motifs is 8. The molecular weight excluding hydrogens is 1240 g/mol. The summed E-state index contributed by atoms with van der Waals surface area (Å²) in [6, 6.07) is 36.0. The largest absolute Gasteiger partial charge is 0.493 e. The van der Waals surface area contributed by atoms with E-state index < -0.39 is 4.92 Å². The molecule has 0 amide bonds. The smallest absolute Gasteiger partial charge is 0.269 e. The number of hydrogen-bond acceptors (Lipinski definition) is 9. The van der Waals surface area contributed by atoms with Gasteiger partial charge in [0.05, 0.1) is 76.3 Å². The van der Waals surface area contributed by atoms with E-state index in [1.54, 1.807) is 12.1 Å². The molecule has 7 aromatic rings. The third kappa shape index (κ3) is 23.0. The number of H-pyrrole nitrogens is 2. The molecule has 0 spiro atoms. The Kier molecular flexibility index (Phi) is 31.2. The van der Waals surface area contributed by atoms with Crippen LogP contribution in [0, 0.1) is 33.8 Å². The van der Waals surface area contributed by atoms with Crippen LogP contribution >= 0.6 is 0 Å². The fourth-order valence-corrected chi connectivity index (χ4v) is 12.9. The van der Waals surface area contributed by atoms with Gasteiger partial charge in [0.1, 0.15) is 23.0 Å². The molecule has 5 heterocycles. The lowest BCUT2D eigenvalue weighted by molar-refractivity contribution is -0.384. The van der Waals surface area contributed by atoms with Crippen LogP contribution < -0.4 is 23.8 Å². The quantitative estimate of drug-likeness (QED) is 0.0166. The minimum absolute atomic E-state index is 0.00307. The zero-order valence-electron chi connectivity index (χ0n) is 61.0. The average Bonchev–Trinajstić information content (AvgIpc) is 1.59. The van der Waals surface area contributed by atoms with Gasteiger partial charge in [0, 0.05) is 76.3 Å². The van der Waals surface area contributed by atoms with Gasteiger partial charge in [-0.25, -0.2) is 9.97 Å². The van der Waals surface area contributed by atoms with E-state index in [1.807, 2.05) is 18.2 Å². The highest BCUT2D eigenvalue weighted by Crippen LogP contribution is 2.39. The number of nitro benzene ring substituents is 1. The summed E-state index contributed by atoms with van der Waals surface area (Å²) in [6.07, 6.45) is 40.6. The molecule has 100 heavy (non-hydrogen) atoms. The van der Waals surface area contributed by atoms with Crippen LogP contribution in [-0.4, -0.2) is 64.4 Å². The minimum Gasteiger partial charge on any atom is -0.493 e. The Hall–Kier alpha value is -9.00. The van der Waals surface area contributed by atoms with Crippen molar-refractivity contribution in [3.05, 3.63) is 164 Å². The van der Waals surface area contributed by atoms with Crippen LogP contribution in [0.3, 0.4) is 0 Å². The summed E-state index contributed by atoms with van der Waals surface area (Å²) < 4.78 is 26.8. The number of nitrogens with one attached hydrogen (secondary N) is 2. The maximum Gasteiger partial charge on any atom is 0.269 e. The van der Waals surface area contributed by atoms with Crippen molar-refractivity contribution < 1.29 is 23.9 Å². The van der Waals surface area contributed by atoms with E-state index in [1.165, 1.54) is 121 Å². The van der Waals surface area contributed by atoms with E-state index in [0.29, 0.717) is 54.6 Å². The molecule has 12 heteroatoms. The molecule has 2 N–H and O–H groups in total. The van der Waals surface area contributed by atoms with Crippen molar-refractivity contribution in [3.63, 3.8) is 0 Å². The molecule has 0 atom stereocenters. The maximum atomic E-state index is 11.8. The van der Waals surface area contributed by atoms with Crippen LogP contribution in [-0.2, 0) is 0 Å². The number of aromatic nitrogens is 4. The third-order valence-corrected chi connectivity index (χ3v) is 18.7. The summed E-state index contributed by atoms with van der Waals surface area (Å²) in [6.45, 7) is 17.9. The van der Waals surface area contributed by atoms with Gasteiger partial charge in [0.25, 0.3) is 5.69 Å². The highest BCUT2D eigenvalue weighted by atomic mass is 16.6. The van der Waals surface area contributed by atoms with Crippen molar-refractivity contribution in [3.8, 4) is 68.9 Å². The van der Waals surface area contributed by atoms with Crippen LogP contribution in [0.25, 0.3) is 68.6 Å². The number of nitrogens with zero attached hydrogens (tertiary/aromatic N) is 4. The normalized spacial score (nSPS) is 11.5. The van der Waals surface area contributed by atoms with Gasteiger partial charge >= 0.3 is 0 Å². The summed E-state index contributed by atoms with van der Waals surface area (Å²) >= 11 is 0. The molecule has 0 radical (unpaired) electrons. The Morgan fingerprint density at radius 3 is 1.04 bits per heavy atom. The first kappa shape index (κ1) is 75.2.